The largest absolute Gasteiger partial charge is 0.488 e. The molecule has 18 heavy (non-hydrogen) atoms. The molecule has 0 saturated carbocycles. The summed E-state index contributed by atoms with van der Waals surface area (Å²) < 4.78 is 5.81. The number of rotatable bonds is 3. The van der Waals surface area contributed by atoms with Crippen LogP contribution in [0, 0.1) is 0 Å². The Bertz CT molecular complexity index is 536. The Morgan fingerprint density at radius 2 is 2.11 bits per heavy atom. The number of anilines is 1. The third-order valence-corrected chi connectivity index (χ3v) is 3.14. The number of para-hydroxylation sites is 1. The first-order valence-electron chi connectivity index (χ1n) is 5.78. The van der Waals surface area contributed by atoms with Crippen molar-refractivity contribution in [1.29, 1.82) is 0 Å². The number of fused-ring (bicyclic) bond motifs is 1. The second-order valence-electron chi connectivity index (χ2n) is 4.13. The summed E-state index contributed by atoms with van der Waals surface area (Å²) in [5, 5.41) is 3.54. The normalized spacial score (nSPS) is 17.1. The third kappa shape index (κ3) is 2.24. The maximum Gasteiger partial charge on any atom is 0.171 e. The molecule has 1 aromatic heterocycles. The molecule has 2 aromatic rings. The SMILES string of the molecule is Clc1nccnc1NCC1Cc2ccccc2O1. The molecule has 5 heteroatoms. The van der Waals surface area contributed by atoms with Gasteiger partial charge in [0.2, 0.25) is 0 Å². The molecule has 1 unspecified atom stereocenters. The zero-order valence-electron chi connectivity index (χ0n) is 9.64. The van der Waals surface area contributed by atoms with Gasteiger partial charge >= 0.3 is 0 Å². The van der Waals surface area contributed by atoms with Gasteiger partial charge in [-0.3, -0.25) is 0 Å². The summed E-state index contributed by atoms with van der Waals surface area (Å²) in [6.45, 7) is 0.660. The number of hydrogen-bond donors (Lipinski definition) is 1. The Hall–Kier alpha value is -1.81. The van der Waals surface area contributed by atoms with Crippen LogP contribution in [0.15, 0.2) is 36.7 Å². The van der Waals surface area contributed by atoms with Gasteiger partial charge in [-0.25, -0.2) is 9.97 Å². The first-order chi connectivity index (χ1) is 8.83. The predicted molar refractivity (Wildman–Crippen MR) is 70.1 cm³/mol. The number of aromatic nitrogens is 2. The highest BCUT2D eigenvalue weighted by Crippen LogP contribution is 2.28. The lowest BCUT2D eigenvalue weighted by molar-refractivity contribution is 0.246. The fourth-order valence-corrected chi connectivity index (χ4v) is 2.19. The van der Waals surface area contributed by atoms with E-state index in [1.54, 1.807) is 12.4 Å². The number of nitrogens with zero attached hydrogens (tertiary/aromatic N) is 2. The van der Waals surface area contributed by atoms with Crippen molar-refractivity contribution in [2.24, 2.45) is 0 Å². The molecule has 2 heterocycles. The van der Waals surface area contributed by atoms with Crippen LogP contribution in [0.25, 0.3) is 0 Å². The summed E-state index contributed by atoms with van der Waals surface area (Å²) in [6.07, 6.45) is 4.19. The smallest absolute Gasteiger partial charge is 0.171 e. The highest BCUT2D eigenvalue weighted by molar-refractivity contribution is 6.31. The van der Waals surface area contributed by atoms with Crippen LogP contribution in [0.5, 0.6) is 5.75 Å². The molecule has 1 atom stereocenters. The first-order valence-corrected chi connectivity index (χ1v) is 6.15. The molecular formula is C13H12ClN3O. The van der Waals surface area contributed by atoms with Crippen LogP contribution < -0.4 is 10.1 Å². The summed E-state index contributed by atoms with van der Waals surface area (Å²) >= 11 is 5.92. The summed E-state index contributed by atoms with van der Waals surface area (Å²) in [6, 6.07) is 8.08. The van der Waals surface area contributed by atoms with Crippen molar-refractivity contribution in [2.75, 3.05) is 11.9 Å². The Balaban J connectivity index is 1.62. The molecule has 0 fully saturated rings. The monoisotopic (exact) mass is 261 g/mol. The van der Waals surface area contributed by atoms with Crippen molar-refractivity contribution >= 4 is 17.4 Å². The van der Waals surface area contributed by atoms with E-state index in [1.165, 1.54) is 5.56 Å². The van der Waals surface area contributed by atoms with Gasteiger partial charge in [0.1, 0.15) is 11.9 Å². The average molecular weight is 262 g/mol. The first kappa shape index (κ1) is 11.3. The van der Waals surface area contributed by atoms with Gasteiger partial charge in [0.25, 0.3) is 0 Å². The van der Waals surface area contributed by atoms with Crippen LogP contribution in [0.3, 0.4) is 0 Å². The minimum atomic E-state index is 0.112. The number of halogens is 1. The third-order valence-electron chi connectivity index (χ3n) is 2.86. The van der Waals surface area contributed by atoms with Crippen LogP contribution in [0.2, 0.25) is 5.15 Å². The van der Waals surface area contributed by atoms with Gasteiger partial charge < -0.3 is 10.1 Å². The molecule has 0 aliphatic carbocycles. The molecule has 3 rings (SSSR count). The molecule has 1 aliphatic heterocycles. The van der Waals surface area contributed by atoms with Crippen LogP contribution in [-0.4, -0.2) is 22.6 Å². The van der Waals surface area contributed by atoms with E-state index in [2.05, 4.69) is 21.4 Å². The summed E-state index contributed by atoms with van der Waals surface area (Å²) in [5.41, 5.74) is 1.24. The molecular weight excluding hydrogens is 250 g/mol. The van der Waals surface area contributed by atoms with Crippen LogP contribution in [0.1, 0.15) is 5.56 Å². The maximum absolute atomic E-state index is 5.92. The number of hydrogen-bond acceptors (Lipinski definition) is 4. The van der Waals surface area contributed by atoms with Gasteiger partial charge in [0, 0.05) is 18.8 Å². The second kappa shape index (κ2) is 4.82. The van der Waals surface area contributed by atoms with E-state index in [1.807, 2.05) is 18.2 Å². The molecule has 0 spiro atoms. The fourth-order valence-electron chi connectivity index (χ4n) is 2.02. The van der Waals surface area contributed by atoms with Gasteiger partial charge in [-0.05, 0) is 11.6 Å². The summed E-state index contributed by atoms with van der Waals surface area (Å²) in [4.78, 5) is 8.09. The topological polar surface area (TPSA) is 47.0 Å². The van der Waals surface area contributed by atoms with Crippen molar-refractivity contribution < 1.29 is 4.74 Å². The lowest BCUT2D eigenvalue weighted by atomic mass is 10.1. The second-order valence-corrected chi connectivity index (χ2v) is 4.49. The Kier molecular flexibility index (Phi) is 3.02. The van der Waals surface area contributed by atoms with E-state index in [0.29, 0.717) is 17.5 Å². The Labute approximate surface area is 110 Å². The lowest BCUT2D eigenvalue weighted by Gasteiger charge is -2.12. The van der Waals surface area contributed by atoms with Gasteiger partial charge in [-0.1, -0.05) is 29.8 Å². The zero-order chi connectivity index (χ0) is 12.4. The van der Waals surface area contributed by atoms with Gasteiger partial charge in [-0.15, -0.1) is 0 Å². The van der Waals surface area contributed by atoms with Gasteiger partial charge in [0.05, 0.1) is 6.54 Å². The maximum atomic E-state index is 5.92. The van der Waals surface area contributed by atoms with Crippen LogP contribution >= 0.6 is 11.6 Å². The molecule has 1 aromatic carbocycles. The Morgan fingerprint density at radius 3 is 2.94 bits per heavy atom. The van der Waals surface area contributed by atoms with Gasteiger partial charge in [-0.2, -0.15) is 0 Å². The fraction of sp³-hybridized carbons (Fsp3) is 0.231. The zero-order valence-corrected chi connectivity index (χ0v) is 10.4. The number of benzene rings is 1. The highest BCUT2D eigenvalue weighted by Gasteiger charge is 2.22. The van der Waals surface area contributed by atoms with E-state index in [0.717, 1.165) is 12.2 Å². The molecule has 0 radical (unpaired) electrons. The van der Waals surface area contributed by atoms with E-state index >= 15 is 0 Å². The lowest BCUT2D eigenvalue weighted by Crippen LogP contribution is -2.24. The quantitative estimate of drug-likeness (QED) is 0.922. The van der Waals surface area contributed by atoms with Crippen molar-refractivity contribution in [2.45, 2.75) is 12.5 Å². The molecule has 0 saturated heterocycles. The average Bonchev–Trinajstić information content (AvgIpc) is 2.80. The predicted octanol–water partition coefficient (Wildman–Crippen LogP) is 2.55. The van der Waals surface area contributed by atoms with Gasteiger partial charge in [0.15, 0.2) is 11.0 Å². The Morgan fingerprint density at radius 1 is 1.28 bits per heavy atom. The number of nitrogens with one attached hydrogen (secondary N) is 1. The summed E-state index contributed by atoms with van der Waals surface area (Å²) in [5.74, 6) is 1.56. The van der Waals surface area contributed by atoms with Crippen molar-refractivity contribution in [3.8, 4) is 5.75 Å². The molecule has 1 aliphatic rings. The number of ether oxygens (including phenoxy) is 1. The summed E-state index contributed by atoms with van der Waals surface area (Å²) in [7, 11) is 0. The van der Waals surface area contributed by atoms with E-state index < -0.39 is 0 Å². The van der Waals surface area contributed by atoms with Crippen molar-refractivity contribution in [1.82, 2.24) is 9.97 Å². The molecule has 4 nitrogen and oxygen atoms in total. The molecule has 1 N–H and O–H groups in total. The van der Waals surface area contributed by atoms with E-state index in [9.17, 15) is 0 Å². The van der Waals surface area contributed by atoms with Crippen LogP contribution in [0.4, 0.5) is 5.82 Å². The molecule has 0 bridgehead atoms. The molecule has 0 amide bonds. The highest BCUT2D eigenvalue weighted by atomic mass is 35.5. The van der Waals surface area contributed by atoms with Crippen molar-refractivity contribution in [3.63, 3.8) is 0 Å². The molecule has 92 valence electrons. The van der Waals surface area contributed by atoms with E-state index in [-0.39, 0.29) is 6.10 Å². The minimum absolute atomic E-state index is 0.112. The standard InChI is InChI=1S/C13H12ClN3O/c14-12-13(16-6-5-15-12)17-8-10-7-9-3-1-2-4-11(9)18-10/h1-6,10H,7-8H2,(H,16,17). The minimum Gasteiger partial charge on any atom is -0.488 e. The van der Waals surface area contributed by atoms with E-state index in [4.69, 9.17) is 16.3 Å². The van der Waals surface area contributed by atoms with Crippen molar-refractivity contribution in [3.05, 3.63) is 47.4 Å². The van der Waals surface area contributed by atoms with Crippen LogP contribution in [-0.2, 0) is 6.42 Å².